The van der Waals surface area contributed by atoms with Crippen molar-refractivity contribution in [3.63, 3.8) is 0 Å². The lowest BCUT2D eigenvalue weighted by atomic mass is 9.96. The molecule has 1 heterocycles. The third kappa shape index (κ3) is 2.02. The van der Waals surface area contributed by atoms with Gasteiger partial charge in [-0.3, -0.25) is 0 Å². The van der Waals surface area contributed by atoms with Gasteiger partial charge in [0.25, 0.3) is 0 Å². The molecule has 0 spiro atoms. The van der Waals surface area contributed by atoms with Crippen molar-refractivity contribution in [3.05, 3.63) is 29.8 Å². The smallest absolute Gasteiger partial charge is 0.125 e. The molecule has 1 fully saturated rings. The number of nitriles is 1. The van der Waals surface area contributed by atoms with E-state index < -0.39 is 0 Å². The Hall–Kier alpha value is -1.53. The van der Waals surface area contributed by atoms with Crippen LogP contribution >= 0.6 is 0 Å². The molecule has 3 heteroatoms. The summed E-state index contributed by atoms with van der Waals surface area (Å²) in [5, 5.41) is 9.05. The maximum atomic E-state index is 9.05. The highest BCUT2D eigenvalue weighted by Crippen LogP contribution is 2.38. The average Bonchev–Trinajstić information content (AvgIpc) is 2.78. The molecule has 1 aliphatic rings. The van der Waals surface area contributed by atoms with Gasteiger partial charge in [0.05, 0.1) is 18.6 Å². The van der Waals surface area contributed by atoms with Crippen LogP contribution in [0.2, 0.25) is 0 Å². The van der Waals surface area contributed by atoms with Crippen LogP contribution in [0, 0.1) is 17.2 Å². The molecule has 0 aliphatic carbocycles. The molecule has 2 atom stereocenters. The first-order chi connectivity index (χ1) is 7.86. The van der Waals surface area contributed by atoms with Gasteiger partial charge in [-0.05, 0) is 19.4 Å². The summed E-state index contributed by atoms with van der Waals surface area (Å²) in [5.41, 5.74) is 0.994. The quantitative estimate of drug-likeness (QED) is 0.781. The van der Waals surface area contributed by atoms with Crippen LogP contribution in [0.1, 0.15) is 25.0 Å². The van der Waals surface area contributed by atoms with Gasteiger partial charge in [-0.2, -0.15) is 5.26 Å². The van der Waals surface area contributed by atoms with E-state index in [4.69, 9.17) is 14.7 Å². The number of rotatable bonds is 3. The van der Waals surface area contributed by atoms with Crippen LogP contribution in [-0.2, 0) is 4.74 Å². The standard InChI is InChI=1S/C13H15NO2/c1-2-15-12-6-4-3-5-11(12)13-10(9-14)7-8-16-13/h3-6,10,13H,2,7-8H2,1H3. The Morgan fingerprint density at radius 3 is 3.06 bits per heavy atom. The Morgan fingerprint density at radius 1 is 1.50 bits per heavy atom. The second-order valence-corrected chi connectivity index (χ2v) is 3.79. The fraction of sp³-hybridized carbons (Fsp3) is 0.462. The molecule has 0 radical (unpaired) electrons. The maximum absolute atomic E-state index is 9.05. The topological polar surface area (TPSA) is 42.2 Å². The molecule has 0 bridgehead atoms. The second kappa shape index (κ2) is 5.00. The number of hydrogen-bond acceptors (Lipinski definition) is 3. The Kier molecular flexibility index (Phi) is 3.43. The van der Waals surface area contributed by atoms with Crippen molar-refractivity contribution in [2.75, 3.05) is 13.2 Å². The lowest BCUT2D eigenvalue weighted by Gasteiger charge is -2.17. The van der Waals surface area contributed by atoms with E-state index in [9.17, 15) is 0 Å². The predicted molar refractivity (Wildman–Crippen MR) is 60.0 cm³/mol. The van der Waals surface area contributed by atoms with Gasteiger partial charge in [0.2, 0.25) is 0 Å². The Balaban J connectivity index is 2.29. The lowest BCUT2D eigenvalue weighted by Crippen LogP contribution is -2.08. The zero-order valence-electron chi connectivity index (χ0n) is 9.35. The molecular formula is C13H15NO2. The van der Waals surface area contributed by atoms with E-state index in [-0.39, 0.29) is 12.0 Å². The van der Waals surface area contributed by atoms with Crippen molar-refractivity contribution in [1.82, 2.24) is 0 Å². The minimum Gasteiger partial charge on any atom is -0.493 e. The first-order valence-electron chi connectivity index (χ1n) is 5.59. The molecule has 0 amide bonds. The number of nitrogens with zero attached hydrogens (tertiary/aromatic N) is 1. The van der Waals surface area contributed by atoms with Crippen molar-refractivity contribution in [1.29, 1.82) is 5.26 Å². The highest BCUT2D eigenvalue weighted by Gasteiger charge is 2.31. The highest BCUT2D eigenvalue weighted by atomic mass is 16.5. The van der Waals surface area contributed by atoms with Gasteiger partial charge in [-0.1, -0.05) is 18.2 Å². The van der Waals surface area contributed by atoms with Crippen molar-refractivity contribution in [3.8, 4) is 11.8 Å². The molecule has 1 aromatic rings. The van der Waals surface area contributed by atoms with Gasteiger partial charge in [-0.15, -0.1) is 0 Å². The van der Waals surface area contributed by atoms with Crippen LogP contribution in [0.15, 0.2) is 24.3 Å². The van der Waals surface area contributed by atoms with Gasteiger partial charge >= 0.3 is 0 Å². The molecule has 0 saturated carbocycles. The van der Waals surface area contributed by atoms with E-state index in [0.717, 1.165) is 17.7 Å². The third-order valence-electron chi connectivity index (χ3n) is 2.78. The zero-order chi connectivity index (χ0) is 11.4. The Labute approximate surface area is 95.6 Å². The predicted octanol–water partition coefficient (Wildman–Crippen LogP) is 2.69. The summed E-state index contributed by atoms with van der Waals surface area (Å²) in [5.74, 6) is 0.777. The fourth-order valence-corrected chi connectivity index (χ4v) is 2.03. The van der Waals surface area contributed by atoms with Gasteiger partial charge in [0.1, 0.15) is 11.9 Å². The van der Waals surface area contributed by atoms with Gasteiger partial charge < -0.3 is 9.47 Å². The number of benzene rings is 1. The molecule has 3 nitrogen and oxygen atoms in total. The largest absolute Gasteiger partial charge is 0.493 e. The zero-order valence-corrected chi connectivity index (χ0v) is 9.35. The van der Waals surface area contributed by atoms with Crippen LogP contribution in [0.25, 0.3) is 0 Å². The minimum absolute atomic E-state index is 0.0541. The van der Waals surface area contributed by atoms with Crippen LogP contribution in [0.4, 0.5) is 0 Å². The Bertz CT molecular complexity index is 397. The lowest BCUT2D eigenvalue weighted by molar-refractivity contribution is 0.0977. The van der Waals surface area contributed by atoms with Crippen molar-refractivity contribution < 1.29 is 9.47 Å². The van der Waals surface area contributed by atoms with E-state index in [1.807, 2.05) is 31.2 Å². The summed E-state index contributed by atoms with van der Waals surface area (Å²) in [6.45, 7) is 3.23. The first kappa shape index (κ1) is 11.0. The Morgan fingerprint density at radius 2 is 2.31 bits per heavy atom. The van der Waals surface area contributed by atoms with Gasteiger partial charge in [0, 0.05) is 12.2 Å². The van der Waals surface area contributed by atoms with E-state index in [1.165, 1.54) is 0 Å². The van der Waals surface area contributed by atoms with Crippen LogP contribution in [-0.4, -0.2) is 13.2 Å². The first-order valence-corrected chi connectivity index (χ1v) is 5.59. The van der Waals surface area contributed by atoms with Crippen LogP contribution < -0.4 is 4.74 Å². The molecule has 0 N–H and O–H groups in total. The molecular weight excluding hydrogens is 202 g/mol. The summed E-state index contributed by atoms with van der Waals surface area (Å²) in [6, 6.07) is 10.1. The van der Waals surface area contributed by atoms with Crippen molar-refractivity contribution >= 4 is 0 Å². The van der Waals surface area contributed by atoms with Crippen LogP contribution in [0.3, 0.4) is 0 Å². The van der Waals surface area contributed by atoms with E-state index in [1.54, 1.807) is 0 Å². The molecule has 2 unspecified atom stereocenters. The summed E-state index contributed by atoms with van der Waals surface area (Å²) in [7, 11) is 0. The van der Waals surface area contributed by atoms with Crippen molar-refractivity contribution in [2.24, 2.45) is 5.92 Å². The van der Waals surface area contributed by atoms with Gasteiger partial charge in [0.15, 0.2) is 0 Å². The summed E-state index contributed by atoms with van der Waals surface area (Å²) >= 11 is 0. The van der Waals surface area contributed by atoms with E-state index in [0.29, 0.717) is 13.2 Å². The molecule has 1 aliphatic heterocycles. The number of hydrogen-bond donors (Lipinski definition) is 0. The summed E-state index contributed by atoms with van der Waals surface area (Å²) < 4.78 is 11.2. The number of ether oxygens (including phenoxy) is 2. The van der Waals surface area contributed by atoms with E-state index >= 15 is 0 Å². The molecule has 84 valence electrons. The normalized spacial score (nSPS) is 24.0. The number of para-hydroxylation sites is 1. The molecule has 1 aromatic carbocycles. The average molecular weight is 217 g/mol. The molecule has 16 heavy (non-hydrogen) atoms. The second-order valence-electron chi connectivity index (χ2n) is 3.79. The van der Waals surface area contributed by atoms with Crippen molar-refractivity contribution in [2.45, 2.75) is 19.4 Å². The maximum Gasteiger partial charge on any atom is 0.125 e. The summed E-state index contributed by atoms with van der Waals surface area (Å²) in [6.07, 6.45) is 0.675. The minimum atomic E-state index is -0.132. The fourth-order valence-electron chi connectivity index (χ4n) is 2.03. The summed E-state index contributed by atoms with van der Waals surface area (Å²) in [4.78, 5) is 0. The molecule has 2 rings (SSSR count). The molecule has 1 saturated heterocycles. The third-order valence-corrected chi connectivity index (χ3v) is 2.78. The monoisotopic (exact) mass is 217 g/mol. The van der Waals surface area contributed by atoms with Crippen LogP contribution in [0.5, 0.6) is 5.75 Å². The SMILES string of the molecule is CCOc1ccccc1C1OCCC1C#N. The van der Waals surface area contributed by atoms with Gasteiger partial charge in [-0.25, -0.2) is 0 Å². The highest BCUT2D eigenvalue weighted by molar-refractivity contribution is 5.36. The van der Waals surface area contributed by atoms with E-state index in [2.05, 4.69) is 6.07 Å². The molecule has 0 aromatic heterocycles.